The summed E-state index contributed by atoms with van der Waals surface area (Å²) in [7, 11) is 0. The fourth-order valence-corrected chi connectivity index (χ4v) is 2.57. The maximum atomic E-state index is 6.09. The summed E-state index contributed by atoms with van der Waals surface area (Å²) in [6, 6.07) is 11.9. The van der Waals surface area contributed by atoms with Crippen LogP contribution < -0.4 is 0 Å². The molecule has 0 bridgehead atoms. The third-order valence-electron chi connectivity index (χ3n) is 3.04. The van der Waals surface area contributed by atoms with Gasteiger partial charge in [-0.2, -0.15) is 0 Å². The lowest BCUT2D eigenvalue weighted by atomic mass is 10.1. The number of hydrogen-bond acceptors (Lipinski definition) is 1. The minimum absolute atomic E-state index is 0.412. The standard InChI is InChI=1S/C14H10Cl2N/c15-10-4-1-3-9(7-10)12-8-13(12)11-5-2-6-17-14(11)16/h1-7,13H,8H2. The first-order valence-electron chi connectivity index (χ1n) is 5.48. The minimum atomic E-state index is 0.412. The number of pyridine rings is 1. The lowest BCUT2D eigenvalue weighted by molar-refractivity contribution is 1.10. The summed E-state index contributed by atoms with van der Waals surface area (Å²) in [6.45, 7) is 0. The Balaban J connectivity index is 1.86. The van der Waals surface area contributed by atoms with Gasteiger partial charge in [-0.15, -0.1) is 0 Å². The number of halogens is 2. The van der Waals surface area contributed by atoms with Crippen molar-refractivity contribution >= 4 is 23.2 Å². The Morgan fingerprint density at radius 1 is 1.12 bits per heavy atom. The summed E-state index contributed by atoms with van der Waals surface area (Å²) in [4.78, 5) is 4.11. The molecule has 1 fully saturated rings. The van der Waals surface area contributed by atoms with E-state index >= 15 is 0 Å². The van der Waals surface area contributed by atoms with Crippen LogP contribution in [0.15, 0.2) is 42.6 Å². The van der Waals surface area contributed by atoms with Gasteiger partial charge in [-0.25, -0.2) is 4.98 Å². The Hall–Kier alpha value is -1.05. The quantitative estimate of drug-likeness (QED) is 0.727. The molecule has 1 unspecified atom stereocenters. The van der Waals surface area contributed by atoms with Crippen LogP contribution in [-0.2, 0) is 0 Å². The predicted octanol–water partition coefficient (Wildman–Crippen LogP) is 4.50. The molecular weight excluding hydrogens is 253 g/mol. The highest BCUT2D eigenvalue weighted by molar-refractivity contribution is 6.30. The van der Waals surface area contributed by atoms with Crippen LogP contribution in [0.3, 0.4) is 0 Å². The lowest BCUT2D eigenvalue weighted by Crippen LogP contribution is -1.88. The number of benzene rings is 1. The molecule has 2 aromatic rings. The van der Waals surface area contributed by atoms with Crippen molar-refractivity contribution in [2.45, 2.75) is 12.3 Å². The van der Waals surface area contributed by atoms with E-state index in [2.05, 4.69) is 11.1 Å². The number of aromatic nitrogens is 1. The Morgan fingerprint density at radius 2 is 2.00 bits per heavy atom. The first-order valence-corrected chi connectivity index (χ1v) is 6.23. The molecule has 1 aromatic carbocycles. The van der Waals surface area contributed by atoms with Crippen LogP contribution in [0.4, 0.5) is 0 Å². The fraction of sp³-hybridized carbons (Fsp3) is 0.143. The normalized spacial score (nSPS) is 19.3. The van der Waals surface area contributed by atoms with Crippen LogP contribution in [0.5, 0.6) is 0 Å². The van der Waals surface area contributed by atoms with Gasteiger partial charge in [0.1, 0.15) is 5.15 Å². The second-order valence-corrected chi connectivity index (χ2v) is 4.97. The second kappa shape index (κ2) is 4.32. The minimum Gasteiger partial charge on any atom is -0.244 e. The second-order valence-electron chi connectivity index (χ2n) is 4.18. The molecule has 0 spiro atoms. The molecule has 85 valence electrons. The first-order chi connectivity index (χ1) is 8.25. The molecule has 3 heteroatoms. The maximum Gasteiger partial charge on any atom is 0.132 e. The summed E-state index contributed by atoms with van der Waals surface area (Å²) >= 11 is 12.1. The monoisotopic (exact) mass is 262 g/mol. The summed E-state index contributed by atoms with van der Waals surface area (Å²) in [5.74, 6) is 1.80. The van der Waals surface area contributed by atoms with Crippen molar-refractivity contribution in [2.24, 2.45) is 0 Å². The van der Waals surface area contributed by atoms with Crippen LogP contribution in [0.25, 0.3) is 0 Å². The lowest BCUT2D eigenvalue weighted by Gasteiger charge is -2.02. The molecule has 0 aliphatic heterocycles. The smallest absolute Gasteiger partial charge is 0.132 e. The van der Waals surface area contributed by atoms with E-state index in [1.165, 1.54) is 11.5 Å². The first kappa shape index (κ1) is 11.1. The Labute approximate surface area is 110 Å². The van der Waals surface area contributed by atoms with Crippen molar-refractivity contribution < 1.29 is 0 Å². The topological polar surface area (TPSA) is 12.9 Å². The average molecular weight is 263 g/mol. The van der Waals surface area contributed by atoms with Crippen molar-refractivity contribution in [3.63, 3.8) is 0 Å². The highest BCUT2D eigenvalue weighted by Gasteiger charge is 2.41. The molecule has 1 heterocycles. The number of nitrogens with zero attached hydrogens (tertiary/aromatic N) is 1. The average Bonchev–Trinajstić information content (AvgIpc) is 3.10. The molecule has 17 heavy (non-hydrogen) atoms. The Morgan fingerprint density at radius 3 is 2.76 bits per heavy atom. The largest absolute Gasteiger partial charge is 0.244 e. The van der Waals surface area contributed by atoms with Gasteiger partial charge in [-0.05, 0) is 41.7 Å². The molecule has 1 aliphatic carbocycles. The van der Waals surface area contributed by atoms with Gasteiger partial charge in [0.05, 0.1) is 0 Å². The molecule has 1 saturated carbocycles. The maximum absolute atomic E-state index is 6.09. The summed E-state index contributed by atoms with van der Waals surface area (Å²) in [6.07, 6.45) is 2.76. The molecule has 0 saturated heterocycles. The van der Waals surface area contributed by atoms with E-state index in [4.69, 9.17) is 23.2 Å². The zero-order chi connectivity index (χ0) is 11.8. The number of rotatable bonds is 2. The molecule has 1 radical (unpaired) electrons. The van der Waals surface area contributed by atoms with Gasteiger partial charge in [-0.3, -0.25) is 0 Å². The van der Waals surface area contributed by atoms with Gasteiger partial charge in [0.15, 0.2) is 0 Å². The van der Waals surface area contributed by atoms with Crippen LogP contribution in [0.2, 0.25) is 10.2 Å². The van der Waals surface area contributed by atoms with E-state index < -0.39 is 0 Å². The molecule has 1 aliphatic rings. The summed E-state index contributed by atoms with van der Waals surface area (Å²) in [5, 5.41) is 1.38. The molecule has 3 rings (SSSR count). The van der Waals surface area contributed by atoms with Gasteiger partial charge in [0.25, 0.3) is 0 Å². The molecule has 0 N–H and O–H groups in total. The van der Waals surface area contributed by atoms with Crippen LogP contribution in [-0.4, -0.2) is 4.98 Å². The highest BCUT2D eigenvalue weighted by Crippen LogP contribution is 2.54. The summed E-state index contributed by atoms with van der Waals surface area (Å²) in [5.41, 5.74) is 2.33. The van der Waals surface area contributed by atoms with Crippen molar-refractivity contribution in [1.82, 2.24) is 4.98 Å². The fourth-order valence-electron chi connectivity index (χ4n) is 2.12. The van der Waals surface area contributed by atoms with E-state index in [0.29, 0.717) is 11.1 Å². The molecular formula is C14H10Cl2N. The van der Waals surface area contributed by atoms with Gasteiger partial charge in [-0.1, -0.05) is 41.4 Å². The van der Waals surface area contributed by atoms with Gasteiger partial charge in [0, 0.05) is 17.1 Å². The van der Waals surface area contributed by atoms with Gasteiger partial charge >= 0.3 is 0 Å². The van der Waals surface area contributed by atoms with Crippen LogP contribution in [0.1, 0.15) is 23.5 Å². The van der Waals surface area contributed by atoms with Gasteiger partial charge in [0.2, 0.25) is 0 Å². The van der Waals surface area contributed by atoms with E-state index in [9.17, 15) is 0 Å². The highest BCUT2D eigenvalue weighted by atomic mass is 35.5. The van der Waals surface area contributed by atoms with E-state index in [-0.39, 0.29) is 0 Å². The Bertz CT molecular complexity index is 553. The molecule has 1 atom stereocenters. The van der Waals surface area contributed by atoms with E-state index in [0.717, 1.165) is 17.0 Å². The predicted molar refractivity (Wildman–Crippen MR) is 70.4 cm³/mol. The van der Waals surface area contributed by atoms with Gasteiger partial charge < -0.3 is 0 Å². The SMILES string of the molecule is Clc1cccc([C]2CC2c2cccnc2Cl)c1. The zero-order valence-corrected chi connectivity index (χ0v) is 10.5. The zero-order valence-electron chi connectivity index (χ0n) is 9.03. The molecule has 1 aromatic heterocycles. The third-order valence-corrected chi connectivity index (χ3v) is 3.59. The number of hydrogen-bond donors (Lipinski definition) is 0. The van der Waals surface area contributed by atoms with Crippen molar-refractivity contribution in [1.29, 1.82) is 0 Å². The van der Waals surface area contributed by atoms with Crippen molar-refractivity contribution in [3.8, 4) is 0 Å². The Kier molecular flexibility index (Phi) is 2.81. The summed E-state index contributed by atoms with van der Waals surface area (Å²) < 4.78 is 0. The van der Waals surface area contributed by atoms with E-state index in [1.54, 1.807) is 6.20 Å². The van der Waals surface area contributed by atoms with Crippen molar-refractivity contribution in [3.05, 3.63) is 69.8 Å². The van der Waals surface area contributed by atoms with Crippen LogP contribution >= 0.6 is 23.2 Å². The van der Waals surface area contributed by atoms with E-state index in [1.807, 2.05) is 30.3 Å². The molecule has 0 amide bonds. The van der Waals surface area contributed by atoms with Crippen LogP contribution in [0, 0.1) is 5.92 Å². The van der Waals surface area contributed by atoms with Crippen molar-refractivity contribution in [2.75, 3.05) is 0 Å². The molecule has 1 nitrogen and oxygen atoms in total. The third kappa shape index (κ3) is 2.18.